The molecule has 1 saturated carbocycles. The molecule has 0 atom stereocenters. The predicted molar refractivity (Wildman–Crippen MR) is 72.1 cm³/mol. The van der Waals surface area contributed by atoms with E-state index in [-0.39, 0.29) is 0 Å². The molecule has 0 aromatic heterocycles. The van der Waals surface area contributed by atoms with Crippen molar-refractivity contribution in [2.24, 2.45) is 5.41 Å². The third kappa shape index (κ3) is 3.96. The molecule has 2 fully saturated rings. The lowest BCUT2D eigenvalue weighted by Crippen LogP contribution is -2.41. The summed E-state index contributed by atoms with van der Waals surface area (Å²) in [5, 5.41) is 8.76. The van der Waals surface area contributed by atoms with Crippen molar-refractivity contribution in [3.05, 3.63) is 0 Å². The van der Waals surface area contributed by atoms with Gasteiger partial charge in [0.1, 0.15) is 0 Å². The van der Waals surface area contributed by atoms with Crippen molar-refractivity contribution in [2.75, 3.05) is 26.2 Å². The second-order valence-electron chi connectivity index (χ2n) is 6.19. The molecular formula is C15H29NO. The van der Waals surface area contributed by atoms with Gasteiger partial charge < -0.3 is 10.0 Å². The molecule has 1 saturated heterocycles. The summed E-state index contributed by atoms with van der Waals surface area (Å²) in [4.78, 5) is 2.65. The molecule has 1 N–H and O–H groups in total. The first-order valence-corrected chi connectivity index (χ1v) is 7.68. The van der Waals surface area contributed by atoms with Crippen LogP contribution in [0.4, 0.5) is 0 Å². The number of rotatable bonds is 5. The topological polar surface area (TPSA) is 23.5 Å². The lowest BCUT2D eigenvalue weighted by atomic mass is 9.68. The van der Waals surface area contributed by atoms with E-state index in [4.69, 9.17) is 5.11 Å². The Morgan fingerprint density at radius 1 is 0.824 bits per heavy atom. The number of hydrogen-bond donors (Lipinski definition) is 1. The third-order valence-corrected chi connectivity index (χ3v) is 4.96. The highest BCUT2D eigenvalue weighted by atomic mass is 16.2. The van der Waals surface area contributed by atoms with Crippen LogP contribution in [0.15, 0.2) is 0 Å². The molecule has 2 rings (SSSR count). The molecule has 1 spiro atoms. The molecule has 0 aromatic rings. The highest BCUT2D eigenvalue weighted by Gasteiger charge is 2.34. The fourth-order valence-corrected chi connectivity index (χ4v) is 3.68. The van der Waals surface area contributed by atoms with E-state index in [9.17, 15) is 0 Å². The van der Waals surface area contributed by atoms with E-state index >= 15 is 0 Å². The zero-order valence-electron chi connectivity index (χ0n) is 11.3. The molecule has 2 nitrogen and oxygen atoms in total. The molecule has 17 heavy (non-hydrogen) atoms. The van der Waals surface area contributed by atoms with Crippen LogP contribution in [0.25, 0.3) is 0 Å². The van der Waals surface area contributed by atoms with Crippen LogP contribution >= 0.6 is 0 Å². The summed E-state index contributed by atoms with van der Waals surface area (Å²) in [7, 11) is 0. The zero-order valence-corrected chi connectivity index (χ0v) is 11.3. The van der Waals surface area contributed by atoms with E-state index in [1.54, 1.807) is 0 Å². The molecule has 0 unspecified atom stereocenters. The van der Waals surface area contributed by atoms with E-state index in [0.717, 1.165) is 11.8 Å². The van der Waals surface area contributed by atoms with Crippen LogP contribution in [-0.4, -0.2) is 36.2 Å². The third-order valence-electron chi connectivity index (χ3n) is 4.96. The molecule has 0 amide bonds. The molecule has 0 bridgehead atoms. The van der Waals surface area contributed by atoms with Crippen molar-refractivity contribution in [1.29, 1.82) is 0 Å². The lowest BCUT2D eigenvalue weighted by molar-refractivity contribution is 0.0668. The van der Waals surface area contributed by atoms with Gasteiger partial charge in [0.05, 0.1) is 0 Å². The van der Waals surface area contributed by atoms with Crippen molar-refractivity contribution >= 4 is 0 Å². The fraction of sp³-hybridized carbons (Fsp3) is 1.00. The summed E-state index contributed by atoms with van der Waals surface area (Å²) in [5.74, 6) is 0. The van der Waals surface area contributed by atoms with Crippen LogP contribution in [0, 0.1) is 5.41 Å². The van der Waals surface area contributed by atoms with E-state index in [1.807, 2.05) is 0 Å². The van der Waals surface area contributed by atoms with Gasteiger partial charge in [0.25, 0.3) is 0 Å². The Kier molecular flexibility index (Phi) is 5.30. The van der Waals surface area contributed by atoms with Crippen LogP contribution in [0.5, 0.6) is 0 Å². The average molecular weight is 239 g/mol. The Labute approximate surface area is 106 Å². The van der Waals surface area contributed by atoms with Crippen molar-refractivity contribution < 1.29 is 5.11 Å². The van der Waals surface area contributed by atoms with Crippen LogP contribution in [0.3, 0.4) is 0 Å². The predicted octanol–water partition coefficient (Wildman–Crippen LogP) is 3.20. The van der Waals surface area contributed by atoms with Gasteiger partial charge in [0.2, 0.25) is 0 Å². The molecule has 2 heteroatoms. The van der Waals surface area contributed by atoms with Crippen LogP contribution in [0.1, 0.15) is 64.2 Å². The summed E-state index contributed by atoms with van der Waals surface area (Å²) >= 11 is 0. The molecular weight excluding hydrogens is 210 g/mol. The monoisotopic (exact) mass is 239 g/mol. The summed E-state index contributed by atoms with van der Waals surface area (Å²) < 4.78 is 0. The number of nitrogens with zero attached hydrogens (tertiary/aromatic N) is 1. The minimum absolute atomic E-state index is 0.364. The van der Waals surface area contributed by atoms with Gasteiger partial charge in [0, 0.05) is 6.61 Å². The van der Waals surface area contributed by atoms with Crippen molar-refractivity contribution in [3.8, 4) is 0 Å². The first-order chi connectivity index (χ1) is 8.35. The second-order valence-corrected chi connectivity index (χ2v) is 6.19. The highest BCUT2D eigenvalue weighted by molar-refractivity contribution is 4.88. The minimum atomic E-state index is 0.364. The van der Waals surface area contributed by atoms with Gasteiger partial charge >= 0.3 is 0 Å². The molecule has 1 aliphatic heterocycles. The average Bonchev–Trinajstić information content (AvgIpc) is 2.38. The molecule has 1 heterocycles. The zero-order chi connectivity index (χ0) is 12.0. The van der Waals surface area contributed by atoms with Crippen LogP contribution < -0.4 is 0 Å². The Hall–Kier alpha value is -0.0800. The Bertz CT molecular complexity index is 201. The number of likely N-dealkylation sites (tertiary alicyclic amines) is 1. The number of hydrogen-bond acceptors (Lipinski definition) is 2. The van der Waals surface area contributed by atoms with Gasteiger partial charge in [-0.25, -0.2) is 0 Å². The maximum atomic E-state index is 8.76. The molecule has 100 valence electrons. The summed E-state index contributed by atoms with van der Waals surface area (Å²) in [6.07, 6.45) is 13.8. The minimum Gasteiger partial charge on any atom is -0.396 e. The van der Waals surface area contributed by atoms with Crippen LogP contribution in [-0.2, 0) is 0 Å². The number of aliphatic hydroxyl groups is 1. The largest absolute Gasteiger partial charge is 0.396 e. The maximum Gasteiger partial charge on any atom is 0.0431 e. The van der Waals surface area contributed by atoms with E-state index in [0.29, 0.717) is 6.61 Å². The first kappa shape index (κ1) is 13.4. The highest BCUT2D eigenvalue weighted by Crippen LogP contribution is 2.44. The van der Waals surface area contributed by atoms with Gasteiger partial charge in [-0.3, -0.25) is 0 Å². The Morgan fingerprint density at radius 3 is 2.18 bits per heavy atom. The van der Waals surface area contributed by atoms with Gasteiger partial charge in [-0.2, -0.15) is 0 Å². The van der Waals surface area contributed by atoms with Gasteiger partial charge in [-0.15, -0.1) is 0 Å². The van der Waals surface area contributed by atoms with Crippen molar-refractivity contribution in [1.82, 2.24) is 4.90 Å². The molecule has 0 radical (unpaired) electrons. The molecule has 0 aromatic carbocycles. The van der Waals surface area contributed by atoms with Crippen molar-refractivity contribution in [3.63, 3.8) is 0 Å². The summed E-state index contributed by atoms with van der Waals surface area (Å²) in [5.41, 5.74) is 0.750. The van der Waals surface area contributed by atoms with E-state index in [1.165, 1.54) is 77.4 Å². The quantitative estimate of drug-likeness (QED) is 0.745. The molecule has 1 aliphatic carbocycles. The smallest absolute Gasteiger partial charge is 0.0431 e. The standard InChI is InChI=1S/C15H29NO/c17-14-6-2-5-11-16-12-9-15(10-13-16)7-3-1-4-8-15/h17H,1-14H2. The number of aliphatic hydroxyl groups excluding tert-OH is 1. The van der Waals surface area contributed by atoms with Gasteiger partial charge in [0.15, 0.2) is 0 Å². The summed E-state index contributed by atoms with van der Waals surface area (Å²) in [6, 6.07) is 0. The first-order valence-electron chi connectivity index (χ1n) is 7.68. The summed E-state index contributed by atoms with van der Waals surface area (Å²) in [6.45, 7) is 4.29. The van der Waals surface area contributed by atoms with Gasteiger partial charge in [-0.05, 0) is 70.0 Å². The van der Waals surface area contributed by atoms with E-state index < -0.39 is 0 Å². The van der Waals surface area contributed by atoms with Gasteiger partial charge in [-0.1, -0.05) is 19.3 Å². The fourth-order valence-electron chi connectivity index (χ4n) is 3.68. The molecule has 2 aliphatic rings. The number of piperidine rings is 1. The number of unbranched alkanes of at least 4 members (excludes halogenated alkanes) is 2. The Morgan fingerprint density at radius 2 is 1.53 bits per heavy atom. The normalized spacial score (nSPS) is 25.2. The van der Waals surface area contributed by atoms with Crippen LogP contribution in [0.2, 0.25) is 0 Å². The Balaban J connectivity index is 1.63. The van der Waals surface area contributed by atoms with Crippen molar-refractivity contribution in [2.45, 2.75) is 64.2 Å². The van der Waals surface area contributed by atoms with E-state index in [2.05, 4.69) is 4.90 Å². The second kappa shape index (κ2) is 6.75. The SMILES string of the molecule is OCCCCCN1CCC2(CCCCC2)CC1. The maximum absolute atomic E-state index is 8.76. The lowest BCUT2D eigenvalue weighted by Gasteiger charge is -2.44.